The van der Waals surface area contributed by atoms with Gasteiger partial charge in [0.05, 0.1) is 21.1 Å². The molecule has 0 aliphatic rings. The minimum atomic E-state index is -0.864. The van der Waals surface area contributed by atoms with Crippen molar-refractivity contribution in [2.24, 2.45) is 0 Å². The maximum atomic E-state index is 13.8. The van der Waals surface area contributed by atoms with Crippen molar-refractivity contribution in [2.75, 3.05) is 0 Å². The first-order chi connectivity index (χ1) is 13.4. The Bertz CT molecular complexity index is 1280. The smallest absolute Gasteiger partial charge is 0.281 e. The molecule has 9 heteroatoms. The molecule has 0 aliphatic carbocycles. The molecular formula is C19H9Cl2F2N3O2. The highest BCUT2D eigenvalue weighted by atomic mass is 35.5. The molecule has 0 N–H and O–H groups in total. The van der Waals surface area contributed by atoms with Gasteiger partial charge < -0.3 is 4.74 Å². The van der Waals surface area contributed by atoms with Crippen molar-refractivity contribution in [1.82, 2.24) is 14.6 Å². The first-order valence-electron chi connectivity index (χ1n) is 7.89. The van der Waals surface area contributed by atoms with E-state index in [1.807, 2.05) is 0 Å². The molecule has 0 atom stereocenters. The fourth-order valence-corrected chi connectivity index (χ4v) is 2.93. The van der Waals surface area contributed by atoms with Gasteiger partial charge in [-0.1, -0.05) is 29.3 Å². The second kappa shape index (κ2) is 7.18. The molecule has 0 spiro atoms. The van der Waals surface area contributed by atoms with Crippen molar-refractivity contribution < 1.29 is 13.5 Å². The van der Waals surface area contributed by atoms with E-state index in [9.17, 15) is 13.6 Å². The first-order valence-corrected chi connectivity index (χ1v) is 8.65. The fourth-order valence-electron chi connectivity index (χ4n) is 2.64. The number of hydrogen-bond donors (Lipinski definition) is 0. The van der Waals surface area contributed by atoms with Crippen molar-refractivity contribution in [3.05, 3.63) is 86.9 Å². The van der Waals surface area contributed by atoms with Gasteiger partial charge in [-0.05, 0) is 35.9 Å². The van der Waals surface area contributed by atoms with E-state index < -0.39 is 17.2 Å². The topological polar surface area (TPSA) is 56.5 Å². The van der Waals surface area contributed by atoms with Crippen LogP contribution in [0, 0.1) is 11.6 Å². The van der Waals surface area contributed by atoms with Gasteiger partial charge in [0, 0.05) is 12.1 Å². The second-order valence-electron chi connectivity index (χ2n) is 5.73. The Hall–Kier alpha value is -3.03. The molecule has 0 saturated heterocycles. The van der Waals surface area contributed by atoms with Crippen molar-refractivity contribution in [3.8, 4) is 22.8 Å². The summed E-state index contributed by atoms with van der Waals surface area (Å²) in [5, 5.41) is 4.82. The van der Waals surface area contributed by atoms with Crippen LogP contribution in [-0.4, -0.2) is 14.6 Å². The molecular weight excluding hydrogens is 411 g/mol. The lowest BCUT2D eigenvalue weighted by Gasteiger charge is -2.10. The van der Waals surface area contributed by atoms with Crippen LogP contribution in [0.1, 0.15) is 0 Å². The summed E-state index contributed by atoms with van der Waals surface area (Å²) in [6, 6.07) is 10.7. The van der Waals surface area contributed by atoms with Crippen LogP contribution in [0.4, 0.5) is 8.78 Å². The summed E-state index contributed by atoms with van der Waals surface area (Å²) >= 11 is 12.0. The molecule has 2 heterocycles. The van der Waals surface area contributed by atoms with Gasteiger partial charge in [0.2, 0.25) is 5.88 Å². The summed E-state index contributed by atoms with van der Waals surface area (Å²) in [5.41, 5.74) is 0.752. The third-order valence-electron chi connectivity index (χ3n) is 3.91. The minimum Gasteiger partial charge on any atom is -0.434 e. The highest BCUT2D eigenvalue weighted by molar-refractivity contribution is 6.42. The Balaban J connectivity index is 1.80. The molecule has 0 fully saturated rings. The maximum absolute atomic E-state index is 13.8. The number of nitrogens with zero attached hydrogens (tertiary/aromatic N) is 3. The molecule has 2 aromatic heterocycles. The van der Waals surface area contributed by atoms with Crippen LogP contribution in [0.3, 0.4) is 0 Å². The Labute approximate surface area is 166 Å². The highest BCUT2D eigenvalue weighted by Gasteiger charge is 2.13. The Kier molecular flexibility index (Phi) is 4.70. The molecule has 4 rings (SSSR count). The second-order valence-corrected chi connectivity index (χ2v) is 6.55. The summed E-state index contributed by atoms with van der Waals surface area (Å²) in [4.78, 5) is 16.1. The number of rotatable bonds is 3. The van der Waals surface area contributed by atoms with Crippen LogP contribution in [0.2, 0.25) is 10.0 Å². The lowest BCUT2D eigenvalue weighted by Crippen LogP contribution is -2.13. The summed E-state index contributed by atoms with van der Waals surface area (Å²) in [5.74, 6) is -1.74. The molecule has 28 heavy (non-hydrogen) atoms. The molecule has 0 unspecified atom stereocenters. The third kappa shape index (κ3) is 3.42. The number of hydrogen-bond acceptors (Lipinski definition) is 4. The molecule has 5 nitrogen and oxygen atoms in total. The molecule has 140 valence electrons. The maximum Gasteiger partial charge on any atom is 0.281 e. The van der Waals surface area contributed by atoms with Crippen LogP contribution in [0.25, 0.3) is 16.6 Å². The van der Waals surface area contributed by atoms with Gasteiger partial charge in [0.15, 0.2) is 11.6 Å². The van der Waals surface area contributed by atoms with Gasteiger partial charge in [-0.3, -0.25) is 4.79 Å². The summed E-state index contributed by atoms with van der Waals surface area (Å²) in [7, 11) is 0. The van der Waals surface area contributed by atoms with E-state index in [1.165, 1.54) is 16.9 Å². The monoisotopic (exact) mass is 419 g/mol. The van der Waals surface area contributed by atoms with Crippen molar-refractivity contribution in [3.63, 3.8) is 0 Å². The van der Waals surface area contributed by atoms with E-state index in [0.717, 1.165) is 12.1 Å². The van der Waals surface area contributed by atoms with E-state index >= 15 is 0 Å². The minimum absolute atomic E-state index is 0.0311. The average Bonchev–Trinajstić information content (AvgIpc) is 2.66. The number of aromatic nitrogens is 3. The Morgan fingerprint density at radius 1 is 0.964 bits per heavy atom. The van der Waals surface area contributed by atoms with Crippen molar-refractivity contribution in [2.45, 2.75) is 0 Å². The first kappa shape index (κ1) is 18.3. The van der Waals surface area contributed by atoms with Crippen molar-refractivity contribution in [1.29, 1.82) is 0 Å². The molecule has 2 aromatic carbocycles. The normalized spacial score (nSPS) is 11.0. The van der Waals surface area contributed by atoms with Crippen LogP contribution in [-0.2, 0) is 0 Å². The molecule has 0 bridgehead atoms. The third-order valence-corrected chi connectivity index (χ3v) is 4.65. The molecule has 0 amide bonds. The lowest BCUT2D eigenvalue weighted by molar-refractivity contribution is 0.416. The zero-order chi connectivity index (χ0) is 19.8. The van der Waals surface area contributed by atoms with Crippen LogP contribution >= 0.6 is 23.2 Å². The number of ether oxygens (including phenoxy) is 1. The van der Waals surface area contributed by atoms with Gasteiger partial charge in [0.25, 0.3) is 5.56 Å². The van der Waals surface area contributed by atoms with E-state index in [0.29, 0.717) is 27.2 Å². The van der Waals surface area contributed by atoms with E-state index in [-0.39, 0.29) is 17.2 Å². The van der Waals surface area contributed by atoms with Crippen LogP contribution < -0.4 is 10.3 Å². The highest BCUT2D eigenvalue weighted by Crippen LogP contribution is 2.29. The number of fused-ring (bicyclic) bond motifs is 1. The standard InChI is InChI=1S/C19H9Cl2F2N3O2/c20-12-3-1-10(7-13(12)21)18-15-4-6-17(25-26(15)9-24-19(18)27)28-16-5-2-11(22)8-14(16)23/h1-9H. The SMILES string of the molecule is O=c1ncn2nc(Oc3ccc(F)cc3F)ccc2c1-c1ccc(Cl)c(Cl)c1. The Morgan fingerprint density at radius 2 is 1.79 bits per heavy atom. The lowest BCUT2D eigenvalue weighted by atomic mass is 10.1. The molecule has 4 aromatic rings. The van der Waals surface area contributed by atoms with Crippen LogP contribution in [0.15, 0.2) is 59.7 Å². The van der Waals surface area contributed by atoms with E-state index in [4.69, 9.17) is 27.9 Å². The van der Waals surface area contributed by atoms with Gasteiger partial charge in [-0.15, -0.1) is 5.10 Å². The fraction of sp³-hybridized carbons (Fsp3) is 0. The van der Waals surface area contributed by atoms with Crippen LogP contribution in [0.5, 0.6) is 11.6 Å². The van der Waals surface area contributed by atoms with Gasteiger partial charge >= 0.3 is 0 Å². The molecule has 0 radical (unpaired) electrons. The predicted octanol–water partition coefficient (Wildman–Crippen LogP) is 5.13. The number of halogens is 4. The van der Waals surface area contributed by atoms with Crippen molar-refractivity contribution >= 4 is 28.7 Å². The molecule has 0 saturated carbocycles. The predicted molar refractivity (Wildman–Crippen MR) is 101 cm³/mol. The summed E-state index contributed by atoms with van der Waals surface area (Å²) < 4.78 is 33.5. The quantitative estimate of drug-likeness (QED) is 0.461. The van der Waals surface area contributed by atoms with Gasteiger partial charge in [-0.2, -0.15) is 4.98 Å². The number of benzene rings is 2. The summed E-state index contributed by atoms with van der Waals surface area (Å²) in [6.07, 6.45) is 1.21. The molecule has 0 aliphatic heterocycles. The van der Waals surface area contributed by atoms with E-state index in [1.54, 1.807) is 24.3 Å². The zero-order valence-electron chi connectivity index (χ0n) is 13.9. The summed E-state index contributed by atoms with van der Waals surface area (Å²) in [6.45, 7) is 0. The van der Waals surface area contributed by atoms with Gasteiger partial charge in [-0.25, -0.2) is 13.3 Å². The van der Waals surface area contributed by atoms with E-state index in [2.05, 4.69) is 10.1 Å². The zero-order valence-corrected chi connectivity index (χ0v) is 15.4. The van der Waals surface area contributed by atoms with Gasteiger partial charge in [0.1, 0.15) is 12.1 Å². The average molecular weight is 420 g/mol. The Morgan fingerprint density at radius 3 is 2.54 bits per heavy atom. The largest absolute Gasteiger partial charge is 0.434 e.